The van der Waals surface area contributed by atoms with Crippen LogP contribution in [-0.4, -0.2) is 167 Å². The molecule has 0 unspecified atom stereocenters. The molecule has 22 atom stereocenters. The highest BCUT2D eigenvalue weighted by Gasteiger charge is 2.72. The maximum Gasteiger partial charge on any atom is 0.187 e. The van der Waals surface area contributed by atoms with Crippen LogP contribution in [0.2, 0.25) is 0 Å². The maximum atomic E-state index is 12.0. The zero-order valence-corrected chi connectivity index (χ0v) is 32.0. The third kappa shape index (κ3) is 6.59. The second kappa shape index (κ2) is 15.3. The quantitative estimate of drug-likeness (QED) is 0.0880. The lowest BCUT2D eigenvalue weighted by Crippen LogP contribution is -2.72. The Bertz CT molecular complexity index is 1380. The van der Waals surface area contributed by atoms with Crippen molar-refractivity contribution in [1.82, 2.24) is 0 Å². The van der Waals surface area contributed by atoms with E-state index in [4.69, 9.17) is 23.7 Å². The van der Waals surface area contributed by atoms with Crippen molar-refractivity contribution in [3.63, 3.8) is 0 Å². The summed E-state index contributed by atoms with van der Waals surface area (Å²) in [5.74, 6) is -0.990. The largest absolute Gasteiger partial charge is 0.394 e. The predicted molar refractivity (Wildman–Crippen MR) is 189 cm³/mol. The minimum Gasteiger partial charge on any atom is -0.394 e. The van der Waals surface area contributed by atoms with Gasteiger partial charge in [0.15, 0.2) is 18.4 Å². The van der Waals surface area contributed by atoms with Crippen molar-refractivity contribution in [3.05, 3.63) is 12.2 Å². The molecular weight excluding hydrogens is 724 g/mol. The highest BCUT2D eigenvalue weighted by molar-refractivity contribution is 5.20. The molecule has 0 bridgehead atoms. The topological polar surface area (TPSA) is 269 Å². The van der Waals surface area contributed by atoms with Crippen LogP contribution in [0.3, 0.4) is 0 Å². The normalized spacial score (nSPS) is 56.3. The van der Waals surface area contributed by atoms with Gasteiger partial charge < -0.3 is 79.9 Å². The molecule has 3 saturated heterocycles. The first-order valence-electron chi connectivity index (χ1n) is 20.2. The molecule has 0 radical (unpaired) electrons. The molecule has 7 aliphatic rings. The predicted octanol–water partition coefficient (Wildman–Crippen LogP) is -1.60. The molecule has 4 saturated carbocycles. The molecule has 0 amide bonds. The fourth-order valence-corrected chi connectivity index (χ4v) is 12.7. The second-order valence-electron chi connectivity index (χ2n) is 18.4. The minimum atomic E-state index is -1.64. The molecular formula is C39H64O16. The van der Waals surface area contributed by atoms with Crippen molar-refractivity contribution in [2.45, 2.75) is 170 Å². The van der Waals surface area contributed by atoms with Gasteiger partial charge in [-0.15, -0.1) is 0 Å². The van der Waals surface area contributed by atoms with Gasteiger partial charge in [0.25, 0.3) is 0 Å². The Morgan fingerprint density at radius 2 is 1.38 bits per heavy atom. The third-order valence-electron chi connectivity index (χ3n) is 15.9. The van der Waals surface area contributed by atoms with Crippen LogP contribution >= 0.6 is 0 Å². The average Bonchev–Trinajstić information content (AvgIpc) is 3.60. The van der Waals surface area contributed by atoms with Crippen molar-refractivity contribution in [2.24, 2.45) is 40.4 Å². The Kier molecular flexibility index (Phi) is 11.7. The molecule has 0 aromatic rings. The van der Waals surface area contributed by atoms with Gasteiger partial charge in [-0.3, -0.25) is 0 Å². The lowest BCUT2D eigenvalue weighted by molar-refractivity contribution is -0.378. The maximum absolute atomic E-state index is 12.0. The Hall–Kier alpha value is -0.900. The zero-order chi connectivity index (χ0) is 40.0. The summed E-state index contributed by atoms with van der Waals surface area (Å²) < 4.78 is 30.1. The van der Waals surface area contributed by atoms with Gasteiger partial charge in [-0.25, -0.2) is 0 Å². The Balaban J connectivity index is 1.02. The molecule has 55 heavy (non-hydrogen) atoms. The van der Waals surface area contributed by atoms with E-state index in [0.29, 0.717) is 37.7 Å². The first-order valence-corrected chi connectivity index (χ1v) is 20.2. The summed E-state index contributed by atoms with van der Waals surface area (Å²) in [6.07, 6.45) is -12.0. The van der Waals surface area contributed by atoms with Gasteiger partial charge in [0, 0.05) is 17.8 Å². The van der Waals surface area contributed by atoms with E-state index in [1.165, 1.54) is 0 Å². The summed E-state index contributed by atoms with van der Waals surface area (Å²) in [7, 11) is 0. The van der Waals surface area contributed by atoms with Gasteiger partial charge in [-0.05, 0) is 80.5 Å². The molecule has 11 N–H and O–H groups in total. The van der Waals surface area contributed by atoms with Crippen LogP contribution in [0.1, 0.15) is 78.6 Å². The van der Waals surface area contributed by atoms with E-state index in [-0.39, 0.29) is 54.1 Å². The van der Waals surface area contributed by atoms with Crippen molar-refractivity contribution < 1.29 is 79.9 Å². The summed E-state index contributed by atoms with van der Waals surface area (Å²) in [6.45, 7) is 9.29. The Morgan fingerprint density at radius 3 is 2.02 bits per heavy atom. The lowest BCUT2D eigenvalue weighted by Gasteiger charge is -2.67. The van der Waals surface area contributed by atoms with Crippen LogP contribution < -0.4 is 0 Å². The molecule has 316 valence electrons. The molecule has 16 nitrogen and oxygen atoms in total. The van der Waals surface area contributed by atoms with E-state index in [2.05, 4.69) is 20.4 Å². The van der Waals surface area contributed by atoms with E-state index in [1.54, 1.807) is 0 Å². The lowest BCUT2D eigenvalue weighted by atomic mass is 9.42. The molecule has 0 spiro atoms. The molecule has 0 aromatic heterocycles. The summed E-state index contributed by atoms with van der Waals surface area (Å²) >= 11 is 0. The fraction of sp³-hybridized carbons (Fsp3) is 0.949. The van der Waals surface area contributed by atoms with Crippen LogP contribution in [0.4, 0.5) is 0 Å². The molecule has 3 heterocycles. The van der Waals surface area contributed by atoms with E-state index in [1.807, 2.05) is 6.92 Å². The van der Waals surface area contributed by atoms with E-state index >= 15 is 0 Å². The number of aliphatic hydroxyl groups excluding tert-OH is 10. The SMILES string of the molecule is C=C(CC[C@@]1(O)O[C@H]2C[C@H]3[C@@H]4CC[C@]5(O[C@@H]6O[C@H](CO)[C@@H](O)[C@H](O)[C@H]6O)[C@@H](O)[C@@H](O)CC[C@]5(C)[C@H]4CC[C@]3(C)[C@H]2[C@@H]1C)CO[C@@H]1O[C@H](CO)[C@@H](O)[C@H](O)[C@H]1O. The van der Waals surface area contributed by atoms with E-state index in [0.717, 1.165) is 19.3 Å². The molecule has 7 fully saturated rings. The molecule has 16 heteroatoms. The van der Waals surface area contributed by atoms with Crippen molar-refractivity contribution in [1.29, 1.82) is 0 Å². The van der Waals surface area contributed by atoms with Gasteiger partial charge in [0.05, 0.1) is 32.0 Å². The van der Waals surface area contributed by atoms with Gasteiger partial charge in [0.2, 0.25) is 0 Å². The molecule has 0 aromatic carbocycles. The molecule has 3 aliphatic heterocycles. The summed E-state index contributed by atoms with van der Waals surface area (Å²) in [4.78, 5) is 0. The molecule has 4 aliphatic carbocycles. The van der Waals surface area contributed by atoms with Crippen molar-refractivity contribution in [3.8, 4) is 0 Å². The van der Waals surface area contributed by atoms with E-state index < -0.39 is 104 Å². The highest BCUT2D eigenvalue weighted by Crippen LogP contribution is 2.72. The van der Waals surface area contributed by atoms with Crippen LogP contribution in [0.5, 0.6) is 0 Å². The van der Waals surface area contributed by atoms with Crippen molar-refractivity contribution in [2.75, 3.05) is 19.8 Å². The number of rotatable bonds is 10. The van der Waals surface area contributed by atoms with Gasteiger partial charge >= 0.3 is 0 Å². The minimum absolute atomic E-state index is 0.0467. The Labute approximate surface area is 321 Å². The fourth-order valence-electron chi connectivity index (χ4n) is 12.7. The number of hydrogen-bond donors (Lipinski definition) is 11. The first kappa shape index (κ1) is 42.2. The standard InChI is InChI=1S/C39H64O16/c1-17(16-51-34-31(47)29(45)27(43)24(14-40)52-34)5-12-39(50)18(2)26-23(54-39)13-21-19-6-11-38(55-35-32(48)30(46)28(44)25(15-41)53-35)33(49)22(42)8-10-37(38,4)20(19)7-9-36(21,26)3/h18-35,40-50H,1,5-16H2,2-4H3/t18-,19+,20-,21-,22-,23-,24+,25+,26-,27+,28+,29-,30-,31+,32+,33-,34+,35-,36-,37+,38-,39+/m0/s1. The molecule has 7 rings (SSSR count). The first-order chi connectivity index (χ1) is 25.9. The number of hydrogen-bond acceptors (Lipinski definition) is 16. The third-order valence-corrected chi connectivity index (χ3v) is 15.9. The average molecular weight is 789 g/mol. The monoisotopic (exact) mass is 788 g/mol. The van der Waals surface area contributed by atoms with Crippen LogP contribution in [0.25, 0.3) is 0 Å². The number of aliphatic hydroxyl groups is 11. The summed E-state index contributed by atoms with van der Waals surface area (Å²) in [6, 6.07) is 0. The smallest absolute Gasteiger partial charge is 0.187 e. The second-order valence-corrected chi connectivity index (χ2v) is 18.4. The van der Waals surface area contributed by atoms with Gasteiger partial charge in [-0.1, -0.05) is 32.9 Å². The van der Waals surface area contributed by atoms with Crippen LogP contribution in [0, 0.1) is 40.4 Å². The van der Waals surface area contributed by atoms with Crippen LogP contribution in [-0.2, 0) is 23.7 Å². The van der Waals surface area contributed by atoms with Crippen molar-refractivity contribution >= 4 is 0 Å². The van der Waals surface area contributed by atoms with Gasteiger partial charge in [-0.2, -0.15) is 0 Å². The van der Waals surface area contributed by atoms with Gasteiger partial charge in [0.1, 0.15) is 60.5 Å². The Morgan fingerprint density at radius 1 is 0.764 bits per heavy atom. The zero-order valence-electron chi connectivity index (χ0n) is 32.0. The number of fused-ring (bicyclic) bond motifs is 7. The van der Waals surface area contributed by atoms with E-state index in [9.17, 15) is 56.2 Å². The van der Waals surface area contributed by atoms with Crippen LogP contribution in [0.15, 0.2) is 12.2 Å². The number of ether oxygens (including phenoxy) is 5. The summed E-state index contributed by atoms with van der Waals surface area (Å²) in [5, 5.41) is 116. The highest BCUT2D eigenvalue weighted by atomic mass is 16.7. The summed E-state index contributed by atoms with van der Waals surface area (Å²) in [5.41, 5.74) is -1.54.